The predicted octanol–water partition coefficient (Wildman–Crippen LogP) is 3.82. The Morgan fingerprint density at radius 1 is 1.21 bits per heavy atom. The average Bonchev–Trinajstić information content (AvgIpc) is 2.92. The zero-order chi connectivity index (χ0) is 16.9. The molecule has 0 aliphatic heterocycles. The molecule has 0 radical (unpaired) electrons. The lowest BCUT2D eigenvalue weighted by Crippen LogP contribution is -2.42. The Morgan fingerprint density at radius 2 is 2.04 bits per heavy atom. The van der Waals surface area contributed by atoms with Crippen molar-refractivity contribution in [2.75, 3.05) is 7.11 Å². The molecule has 2 saturated carbocycles. The van der Waals surface area contributed by atoms with E-state index in [1.54, 1.807) is 7.11 Å². The molecule has 2 unspecified atom stereocenters. The molecule has 5 heteroatoms. The SMILES string of the molecule is COc1ccc2c(c1)CC[C@@H]1C2CC[C@]2(C)C(=N\O)/C(=N/O)CC12. The van der Waals surface area contributed by atoms with Crippen molar-refractivity contribution in [3.63, 3.8) is 0 Å². The van der Waals surface area contributed by atoms with Crippen molar-refractivity contribution in [2.45, 2.75) is 44.9 Å². The van der Waals surface area contributed by atoms with Crippen molar-refractivity contribution >= 4 is 11.4 Å². The first-order valence-electron chi connectivity index (χ1n) is 8.73. The van der Waals surface area contributed by atoms with Gasteiger partial charge in [-0.1, -0.05) is 23.3 Å². The van der Waals surface area contributed by atoms with E-state index in [1.165, 1.54) is 11.1 Å². The van der Waals surface area contributed by atoms with Crippen molar-refractivity contribution in [3.8, 4) is 5.75 Å². The fourth-order valence-corrected chi connectivity index (χ4v) is 5.57. The van der Waals surface area contributed by atoms with Gasteiger partial charge in [0.2, 0.25) is 0 Å². The molecule has 3 aliphatic rings. The molecule has 2 N–H and O–H groups in total. The molecule has 0 bridgehead atoms. The van der Waals surface area contributed by atoms with Gasteiger partial charge >= 0.3 is 0 Å². The molecule has 2 fully saturated rings. The van der Waals surface area contributed by atoms with Crippen LogP contribution >= 0.6 is 0 Å². The molecule has 0 spiro atoms. The van der Waals surface area contributed by atoms with Gasteiger partial charge in [-0.15, -0.1) is 0 Å². The highest BCUT2D eigenvalue weighted by Gasteiger charge is 2.56. The zero-order valence-electron chi connectivity index (χ0n) is 14.2. The number of hydrogen-bond donors (Lipinski definition) is 2. The highest BCUT2D eigenvalue weighted by molar-refractivity contribution is 6.46. The third kappa shape index (κ3) is 2.00. The Kier molecular flexibility index (Phi) is 3.55. The van der Waals surface area contributed by atoms with Crippen LogP contribution in [0.3, 0.4) is 0 Å². The van der Waals surface area contributed by atoms with Crippen LogP contribution in [0.1, 0.15) is 49.7 Å². The number of fused-ring (bicyclic) bond motifs is 5. The second kappa shape index (κ2) is 5.50. The summed E-state index contributed by atoms with van der Waals surface area (Å²) in [5, 5.41) is 25.7. The van der Waals surface area contributed by atoms with Gasteiger partial charge in [0.05, 0.1) is 7.11 Å². The van der Waals surface area contributed by atoms with Crippen LogP contribution in [-0.4, -0.2) is 28.9 Å². The molecule has 128 valence electrons. The van der Waals surface area contributed by atoms with Crippen LogP contribution in [0.5, 0.6) is 5.75 Å². The van der Waals surface area contributed by atoms with Crippen molar-refractivity contribution < 1.29 is 15.2 Å². The summed E-state index contributed by atoms with van der Waals surface area (Å²) in [6.07, 6.45) is 4.93. The smallest absolute Gasteiger partial charge is 0.119 e. The number of aryl methyl sites for hydroxylation is 1. The minimum absolute atomic E-state index is 0.179. The van der Waals surface area contributed by atoms with E-state index in [0.29, 0.717) is 35.6 Å². The standard InChI is InChI=1S/C19H24N2O3/c1-19-8-7-14-13-6-4-12(24-2)9-11(13)3-5-15(14)16(19)10-17(20-22)18(19)21-23/h4,6,9,14-16,22-23H,3,5,7-8,10H2,1-2H3/b20-17+,21-18-/t14?,15-,16?,19+/m1/s1. The molecule has 1 aromatic rings. The van der Waals surface area contributed by atoms with Gasteiger partial charge in [-0.05, 0) is 73.1 Å². The lowest BCUT2D eigenvalue weighted by molar-refractivity contribution is 0.0963. The van der Waals surface area contributed by atoms with Crippen LogP contribution in [-0.2, 0) is 6.42 Å². The van der Waals surface area contributed by atoms with E-state index < -0.39 is 0 Å². The maximum absolute atomic E-state index is 9.47. The number of oxime groups is 2. The number of hydrogen-bond acceptors (Lipinski definition) is 5. The number of benzene rings is 1. The highest BCUT2D eigenvalue weighted by atomic mass is 16.5. The van der Waals surface area contributed by atoms with Crippen LogP contribution < -0.4 is 4.74 Å². The Balaban J connectivity index is 1.72. The molecule has 3 aliphatic carbocycles. The number of nitrogens with zero attached hydrogens (tertiary/aromatic N) is 2. The molecule has 24 heavy (non-hydrogen) atoms. The number of methoxy groups -OCH3 is 1. The average molecular weight is 328 g/mol. The van der Waals surface area contributed by atoms with Gasteiger partial charge in [0.15, 0.2) is 0 Å². The minimum Gasteiger partial charge on any atom is -0.497 e. The van der Waals surface area contributed by atoms with Crippen LogP contribution in [0.25, 0.3) is 0 Å². The first-order chi connectivity index (χ1) is 11.6. The normalized spacial score (nSPS) is 37.8. The molecule has 5 nitrogen and oxygen atoms in total. The van der Waals surface area contributed by atoms with Gasteiger partial charge in [-0.3, -0.25) is 0 Å². The Labute approximate surface area is 142 Å². The summed E-state index contributed by atoms with van der Waals surface area (Å²) in [7, 11) is 1.71. The second-order valence-electron chi connectivity index (χ2n) is 7.64. The molecule has 0 saturated heterocycles. The van der Waals surface area contributed by atoms with E-state index in [1.807, 2.05) is 0 Å². The van der Waals surface area contributed by atoms with Gasteiger partial charge < -0.3 is 15.2 Å². The molecule has 1 aromatic carbocycles. The lowest BCUT2D eigenvalue weighted by atomic mass is 9.55. The molecule has 0 heterocycles. The summed E-state index contributed by atoms with van der Waals surface area (Å²) in [4.78, 5) is 0. The summed E-state index contributed by atoms with van der Waals surface area (Å²) in [6, 6.07) is 6.46. The van der Waals surface area contributed by atoms with Crippen LogP contribution in [0.15, 0.2) is 28.5 Å². The van der Waals surface area contributed by atoms with E-state index in [9.17, 15) is 10.4 Å². The van der Waals surface area contributed by atoms with Crippen molar-refractivity contribution in [3.05, 3.63) is 29.3 Å². The maximum Gasteiger partial charge on any atom is 0.119 e. The monoisotopic (exact) mass is 328 g/mol. The maximum atomic E-state index is 9.47. The summed E-state index contributed by atoms with van der Waals surface area (Å²) in [5.74, 6) is 2.39. The van der Waals surface area contributed by atoms with Gasteiger partial charge in [0, 0.05) is 5.41 Å². The Bertz CT molecular complexity index is 727. The van der Waals surface area contributed by atoms with E-state index in [2.05, 4.69) is 35.4 Å². The van der Waals surface area contributed by atoms with E-state index in [0.717, 1.165) is 31.4 Å². The van der Waals surface area contributed by atoms with Gasteiger partial charge in [0.1, 0.15) is 17.2 Å². The van der Waals surface area contributed by atoms with E-state index in [4.69, 9.17) is 4.74 Å². The second-order valence-corrected chi connectivity index (χ2v) is 7.64. The van der Waals surface area contributed by atoms with Crippen LogP contribution in [0.2, 0.25) is 0 Å². The Morgan fingerprint density at radius 3 is 2.75 bits per heavy atom. The molecule has 4 atom stereocenters. The lowest BCUT2D eigenvalue weighted by Gasteiger charge is -2.48. The molecule has 0 aromatic heterocycles. The summed E-state index contributed by atoms with van der Waals surface area (Å²) < 4.78 is 5.37. The summed E-state index contributed by atoms with van der Waals surface area (Å²) in [5.41, 5.74) is 3.83. The quantitative estimate of drug-likeness (QED) is 0.608. The first kappa shape index (κ1) is 15.5. The van der Waals surface area contributed by atoms with Crippen LogP contribution in [0, 0.1) is 17.3 Å². The predicted molar refractivity (Wildman–Crippen MR) is 91.4 cm³/mol. The number of rotatable bonds is 1. The third-order valence-corrected chi connectivity index (χ3v) is 6.77. The van der Waals surface area contributed by atoms with E-state index in [-0.39, 0.29) is 5.41 Å². The first-order valence-corrected chi connectivity index (χ1v) is 8.73. The number of ether oxygens (including phenoxy) is 1. The minimum atomic E-state index is -0.179. The van der Waals surface area contributed by atoms with E-state index >= 15 is 0 Å². The fourth-order valence-electron chi connectivity index (χ4n) is 5.57. The molecule has 4 rings (SSSR count). The largest absolute Gasteiger partial charge is 0.497 e. The van der Waals surface area contributed by atoms with Crippen molar-refractivity contribution in [1.82, 2.24) is 0 Å². The zero-order valence-corrected chi connectivity index (χ0v) is 14.2. The third-order valence-electron chi connectivity index (χ3n) is 6.77. The van der Waals surface area contributed by atoms with Crippen LogP contribution in [0.4, 0.5) is 0 Å². The van der Waals surface area contributed by atoms with Crippen molar-refractivity contribution in [2.24, 2.45) is 27.6 Å². The Hall–Kier alpha value is -2.04. The van der Waals surface area contributed by atoms with Gasteiger partial charge in [-0.2, -0.15) is 0 Å². The topological polar surface area (TPSA) is 74.4 Å². The summed E-state index contributed by atoms with van der Waals surface area (Å²) in [6.45, 7) is 2.17. The summed E-state index contributed by atoms with van der Waals surface area (Å²) >= 11 is 0. The molecular formula is C19H24N2O3. The van der Waals surface area contributed by atoms with Crippen molar-refractivity contribution in [1.29, 1.82) is 0 Å². The fraction of sp³-hybridized carbons (Fsp3) is 0.579. The molecular weight excluding hydrogens is 304 g/mol. The van der Waals surface area contributed by atoms with Gasteiger partial charge in [-0.25, -0.2) is 0 Å². The van der Waals surface area contributed by atoms with Gasteiger partial charge in [0.25, 0.3) is 0 Å². The molecule has 0 amide bonds. The highest BCUT2D eigenvalue weighted by Crippen LogP contribution is 2.59.